The van der Waals surface area contributed by atoms with Crippen LogP contribution in [-0.4, -0.2) is 68.4 Å². The summed E-state index contributed by atoms with van der Waals surface area (Å²) in [5, 5.41) is 22.1. The first-order valence-electron chi connectivity index (χ1n) is 11.3. The van der Waals surface area contributed by atoms with Crippen LogP contribution >= 0.6 is 0 Å². The van der Waals surface area contributed by atoms with Crippen LogP contribution in [0.4, 0.5) is 0 Å². The maximum Gasteiger partial charge on any atom is 0.334 e. The third-order valence-electron chi connectivity index (χ3n) is 5.84. The van der Waals surface area contributed by atoms with Crippen LogP contribution < -0.4 is 5.32 Å². The van der Waals surface area contributed by atoms with Gasteiger partial charge in [-0.2, -0.15) is 0 Å². The van der Waals surface area contributed by atoms with Gasteiger partial charge in [-0.1, -0.05) is 67.6 Å². The van der Waals surface area contributed by atoms with Crippen molar-refractivity contribution in [2.24, 2.45) is 0 Å². The highest BCUT2D eigenvalue weighted by Crippen LogP contribution is 2.28. The number of hydrogen-bond acceptors (Lipinski definition) is 5. The number of nitrogens with one attached hydrogen (secondary N) is 1. The Bertz CT molecular complexity index is 1100. The number of benzene rings is 2. The molecule has 35 heavy (non-hydrogen) atoms. The average Bonchev–Trinajstić information content (AvgIpc) is 2.85. The van der Waals surface area contributed by atoms with E-state index >= 15 is 0 Å². The molecule has 0 fully saturated rings. The molecule has 184 valence electrons. The van der Waals surface area contributed by atoms with Crippen molar-refractivity contribution >= 4 is 29.4 Å². The minimum absolute atomic E-state index is 0.0884. The van der Waals surface area contributed by atoms with Gasteiger partial charge in [-0.15, -0.1) is 0 Å². The minimum atomic E-state index is -1.84. The molecule has 0 spiro atoms. The number of carboxylic acids is 1. The number of aliphatic hydroxyl groups is 1. The second-order valence-corrected chi connectivity index (χ2v) is 8.30. The maximum absolute atomic E-state index is 13.4. The highest BCUT2D eigenvalue weighted by molar-refractivity contribution is 5.99. The first kappa shape index (κ1) is 25.6. The Morgan fingerprint density at radius 1 is 1.03 bits per heavy atom. The van der Waals surface area contributed by atoms with Crippen LogP contribution in [0.1, 0.15) is 31.4 Å². The van der Waals surface area contributed by atoms with Crippen molar-refractivity contribution in [3.8, 4) is 0 Å². The smallest absolute Gasteiger partial charge is 0.334 e. The highest BCUT2D eigenvalue weighted by Gasteiger charge is 2.38. The zero-order chi connectivity index (χ0) is 25.5. The van der Waals surface area contributed by atoms with E-state index in [0.29, 0.717) is 17.7 Å². The Balaban J connectivity index is 1.88. The maximum atomic E-state index is 13.4. The van der Waals surface area contributed by atoms with Crippen LogP contribution in [0.3, 0.4) is 0 Å². The van der Waals surface area contributed by atoms with Crippen LogP contribution in [0.5, 0.6) is 0 Å². The van der Waals surface area contributed by atoms with Gasteiger partial charge < -0.3 is 20.4 Å². The predicted octanol–water partition coefficient (Wildman–Crippen LogP) is 1.63. The zero-order valence-electron chi connectivity index (χ0n) is 19.6. The molecule has 0 aromatic heterocycles. The summed E-state index contributed by atoms with van der Waals surface area (Å²) < 4.78 is 0. The molecule has 3 amide bonds. The van der Waals surface area contributed by atoms with E-state index < -0.39 is 42.5 Å². The molecule has 0 saturated heterocycles. The van der Waals surface area contributed by atoms with E-state index in [9.17, 15) is 29.4 Å². The lowest BCUT2D eigenvalue weighted by Gasteiger charge is -2.38. The Morgan fingerprint density at radius 2 is 1.63 bits per heavy atom. The lowest BCUT2D eigenvalue weighted by molar-refractivity contribution is -0.149. The lowest BCUT2D eigenvalue weighted by Crippen LogP contribution is -2.55. The summed E-state index contributed by atoms with van der Waals surface area (Å²) >= 11 is 0. The summed E-state index contributed by atoms with van der Waals surface area (Å²) in [7, 11) is 0. The van der Waals surface area contributed by atoms with Crippen molar-refractivity contribution < 1.29 is 29.4 Å². The molecule has 3 rings (SSSR count). The Labute approximate surface area is 203 Å². The standard InChI is InChI=1S/C26H29N3O6/c1-3-21-25(33)29(22(15-28(21)17(2)30)19-12-8-5-9-13-19)16-23(31)27-20(24(32)26(34)35)14-18-10-6-4-7-11-18/h4-13,15,20-21,24,32H,3,14,16H2,1-2H3,(H,27,31)(H,34,35)/t20-,21?,24?/m0/s1. The van der Waals surface area contributed by atoms with Gasteiger partial charge in [-0.3, -0.25) is 19.3 Å². The largest absolute Gasteiger partial charge is 0.479 e. The van der Waals surface area contributed by atoms with E-state index in [-0.39, 0.29) is 12.3 Å². The van der Waals surface area contributed by atoms with Crippen molar-refractivity contribution in [3.63, 3.8) is 0 Å². The molecular formula is C26H29N3O6. The summed E-state index contributed by atoms with van der Waals surface area (Å²) in [5.41, 5.74) is 1.75. The number of rotatable bonds is 9. The van der Waals surface area contributed by atoms with E-state index in [4.69, 9.17) is 0 Å². The van der Waals surface area contributed by atoms with Crippen LogP contribution in [0.15, 0.2) is 66.9 Å². The fourth-order valence-corrected chi connectivity index (χ4v) is 4.07. The monoisotopic (exact) mass is 479 g/mol. The Morgan fingerprint density at radius 3 is 2.17 bits per heavy atom. The highest BCUT2D eigenvalue weighted by atomic mass is 16.4. The van der Waals surface area contributed by atoms with Crippen molar-refractivity contribution in [1.82, 2.24) is 15.1 Å². The molecule has 1 aliphatic heterocycles. The molecule has 9 heteroatoms. The molecule has 0 bridgehead atoms. The number of aliphatic hydroxyl groups excluding tert-OH is 1. The number of carbonyl (C=O) groups is 4. The molecule has 2 aromatic rings. The van der Waals surface area contributed by atoms with Gasteiger partial charge in [0.2, 0.25) is 11.8 Å². The predicted molar refractivity (Wildman–Crippen MR) is 128 cm³/mol. The van der Waals surface area contributed by atoms with Crippen LogP contribution in [0, 0.1) is 0 Å². The SMILES string of the molecule is CCC1C(=O)N(CC(=O)N[C@@H](Cc2ccccc2)C(O)C(=O)O)C(c2ccccc2)=CN1C(C)=O. The van der Waals surface area contributed by atoms with Crippen molar-refractivity contribution in [2.75, 3.05) is 6.54 Å². The summed E-state index contributed by atoms with van der Waals surface area (Å²) in [4.78, 5) is 52.8. The summed E-state index contributed by atoms with van der Waals surface area (Å²) in [6.45, 7) is 2.75. The Kier molecular flexibility index (Phi) is 8.38. The minimum Gasteiger partial charge on any atom is -0.479 e. The third-order valence-corrected chi connectivity index (χ3v) is 5.84. The van der Waals surface area contributed by atoms with Gasteiger partial charge in [-0.05, 0) is 24.0 Å². The average molecular weight is 480 g/mol. The number of carbonyl (C=O) groups excluding carboxylic acids is 3. The molecular weight excluding hydrogens is 450 g/mol. The van der Waals surface area contributed by atoms with E-state index in [1.54, 1.807) is 67.7 Å². The molecule has 1 aliphatic rings. The van der Waals surface area contributed by atoms with E-state index in [2.05, 4.69) is 5.32 Å². The van der Waals surface area contributed by atoms with Crippen LogP contribution in [0.25, 0.3) is 5.70 Å². The van der Waals surface area contributed by atoms with Crippen molar-refractivity contribution in [1.29, 1.82) is 0 Å². The molecule has 3 atom stereocenters. The fourth-order valence-electron chi connectivity index (χ4n) is 4.07. The number of amides is 3. The summed E-state index contributed by atoms with van der Waals surface area (Å²) in [6.07, 6.45) is 0.166. The van der Waals surface area contributed by atoms with E-state index in [1.807, 2.05) is 6.07 Å². The number of carboxylic acid groups (broad SMARTS) is 1. The van der Waals surface area contributed by atoms with Crippen LogP contribution in [-0.2, 0) is 25.6 Å². The van der Waals surface area contributed by atoms with Gasteiger partial charge in [0.05, 0.1) is 11.7 Å². The molecule has 0 saturated carbocycles. The molecule has 0 aliphatic carbocycles. The van der Waals surface area contributed by atoms with Gasteiger partial charge >= 0.3 is 5.97 Å². The van der Waals surface area contributed by atoms with Crippen LogP contribution in [0.2, 0.25) is 0 Å². The molecule has 3 N–H and O–H groups in total. The third kappa shape index (κ3) is 6.13. The molecule has 0 radical (unpaired) electrons. The molecule has 9 nitrogen and oxygen atoms in total. The van der Waals surface area contributed by atoms with Gasteiger partial charge in [0.1, 0.15) is 12.6 Å². The van der Waals surface area contributed by atoms with Crippen molar-refractivity contribution in [3.05, 3.63) is 78.0 Å². The topological polar surface area (TPSA) is 127 Å². The first-order chi connectivity index (χ1) is 16.7. The molecule has 2 unspecified atom stereocenters. The van der Waals surface area contributed by atoms with E-state index in [1.165, 1.54) is 16.7 Å². The van der Waals surface area contributed by atoms with Gasteiger partial charge in [-0.25, -0.2) is 4.79 Å². The lowest BCUT2D eigenvalue weighted by atomic mass is 10.0. The second kappa shape index (κ2) is 11.4. The number of hydrogen-bond donors (Lipinski definition) is 3. The fraction of sp³-hybridized carbons (Fsp3) is 0.308. The quantitative estimate of drug-likeness (QED) is 0.502. The van der Waals surface area contributed by atoms with Gasteiger partial charge in [0.25, 0.3) is 5.91 Å². The first-order valence-corrected chi connectivity index (χ1v) is 11.3. The van der Waals surface area contributed by atoms with Crippen molar-refractivity contribution in [2.45, 2.75) is 44.9 Å². The Hall–Kier alpha value is -3.98. The number of nitrogens with zero attached hydrogens (tertiary/aromatic N) is 2. The summed E-state index contributed by atoms with van der Waals surface area (Å²) in [5.74, 6) is -2.81. The molecule has 2 aromatic carbocycles. The second-order valence-electron chi connectivity index (χ2n) is 8.30. The molecule has 1 heterocycles. The van der Waals surface area contributed by atoms with Gasteiger partial charge in [0, 0.05) is 13.1 Å². The number of aliphatic carboxylic acids is 1. The summed E-state index contributed by atoms with van der Waals surface area (Å²) in [6, 6.07) is 15.9. The normalized spacial score (nSPS) is 17.4. The zero-order valence-corrected chi connectivity index (χ0v) is 19.6. The van der Waals surface area contributed by atoms with Gasteiger partial charge in [0.15, 0.2) is 6.10 Å². The van der Waals surface area contributed by atoms with E-state index in [0.717, 1.165) is 5.56 Å².